The number of hydroxylamine groups is 1. The highest BCUT2D eigenvalue weighted by Gasteiger charge is 2.38. The smallest absolute Gasteiger partial charge is 0.280 e. The van der Waals surface area contributed by atoms with Crippen molar-refractivity contribution in [2.24, 2.45) is 5.92 Å². The molecule has 1 aromatic carbocycles. The number of nitrogens with one attached hydrogen (secondary N) is 1. The zero-order valence-electron chi connectivity index (χ0n) is 18.7. The normalized spacial score (nSPS) is 22.1. The van der Waals surface area contributed by atoms with Gasteiger partial charge in [-0.05, 0) is 49.3 Å². The van der Waals surface area contributed by atoms with Crippen molar-refractivity contribution in [1.29, 1.82) is 0 Å². The Hall–Kier alpha value is -3.49. The lowest BCUT2D eigenvalue weighted by molar-refractivity contribution is -0.103. The van der Waals surface area contributed by atoms with Gasteiger partial charge in [0.2, 0.25) is 0 Å². The molecule has 3 N–H and O–H groups in total. The highest BCUT2D eigenvalue weighted by Crippen LogP contribution is 2.44. The van der Waals surface area contributed by atoms with E-state index in [1.807, 2.05) is 0 Å². The van der Waals surface area contributed by atoms with Crippen LogP contribution in [0.5, 0.6) is 5.75 Å². The van der Waals surface area contributed by atoms with Crippen molar-refractivity contribution >= 4 is 5.91 Å². The fourth-order valence-electron chi connectivity index (χ4n) is 5.40. The number of ether oxygens (including phenoxy) is 1. The second-order valence-electron chi connectivity index (χ2n) is 8.93. The predicted molar refractivity (Wildman–Crippen MR) is 125 cm³/mol. The number of carbonyl (C=O) groups excluding carboxylic acids is 1. The van der Waals surface area contributed by atoms with Gasteiger partial charge >= 0.3 is 0 Å². The Morgan fingerprint density at radius 2 is 1.85 bits per heavy atom. The predicted octanol–water partition coefficient (Wildman–Crippen LogP) is 4.13. The number of aromatic nitrogens is 2. The minimum absolute atomic E-state index is 0.0295. The van der Waals surface area contributed by atoms with Crippen LogP contribution in [-0.2, 0) is 4.74 Å². The molecular weight excluding hydrogens is 434 g/mol. The van der Waals surface area contributed by atoms with Crippen LogP contribution >= 0.6 is 0 Å². The summed E-state index contributed by atoms with van der Waals surface area (Å²) in [7, 11) is 0. The first kappa shape index (κ1) is 22.3. The van der Waals surface area contributed by atoms with Crippen molar-refractivity contribution in [3.63, 3.8) is 0 Å². The molecule has 3 unspecified atom stereocenters. The van der Waals surface area contributed by atoms with Crippen LogP contribution in [0.1, 0.15) is 60.7 Å². The molecule has 3 atom stereocenters. The summed E-state index contributed by atoms with van der Waals surface area (Å²) < 4.78 is 7.87. The van der Waals surface area contributed by atoms with Gasteiger partial charge in [0.1, 0.15) is 11.3 Å². The molecule has 8 heteroatoms. The molecule has 8 nitrogen and oxygen atoms in total. The molecule has 3 heterocycles. The Bertz CT molecular complexity index is 1240. The summed E-state index contributed by atoms with van der Waals surface area (Å²) >= 11 is 0. The number of carbonyl (C=O) groups is 1. The molecular formula is C26H27N3O5. The second kappa shape index (κ2) is 9.40. The molecule has 5 rings (SSSR count). The molecule has 1 saturated carbocycles. The van der Waals surface area contributed by atoms with E-state index >= 15 is 0 Å². The third-order valence-corrected chi connectivity index (χ3v) is 6.97. The van der Waals surface area contributed by atoms with Gasteiger partial charge in [-0.2, -0.15) is 0 Å². The first-order chi connectivity index (χ1) is 16.6. The van der Waals surface area contributed by atoms with Crippen molar-refractivity contribution in [2.45, 2.75) is 50.7 Å². The van der Waals surface area contributed by atoms with Crippen molar-refractivity contribution < 1.29 is 19.8 Å². The van der Waals surface area contributed by atoms with Crippen LogP contribution in [0.3, 0.4) is 0 Å². The molecule has 0 bridgehead atoms. The van der Waals surface area contributed by atoms with E-state index in [9.17, 15) is 19.9 Å². The first-order valence-corrected chi connectivity index (χ1v) is 11.7. The summed E-state index contributed by atoms with van der Waals surface area (Å²) in [6, 6.07) is 12.1. The van der Waals surface area contributed by atoms with E-state index in [4.69, 9.17) is 4.74 Å². The van der Waals surface area contributed by atoms with E-state index in [2.05, 4.69) is 4.98 Å². The quantitative estimate of drug-likeness (QED) is 0.398. The number of fused-ring (bicyclic) bond motifs is 1. The number of rotatable bonds is 4. The monoisotopic (exact) mass is 461 g/mol. The molecule has 1 aliphatic heterocycles. The van der Waals surface area contributed by atoms with Crippen LogP contribution in [0.25, 0.3) is 16.8 Å². The van der Waals surface area contributed by atoms with Crippen LogP contribution in [0.4, 0.5) is 0 Å². The molecule has 1 amide bonds. The van der Waals surface area contributed by atoms with E-state index in [0.29, 0.717) is 23.6 Å². The molecule has 2 aliphatic rings. The van der Waals surface area contributed by atoms with Gasteiger partial charge in [0.15, 0.2) is 0 Å². The number of hydrogen-bond donors (Lipinski definition) is 3. The highest BCUT2D eigenvalue weighted by atomic mass is 16.5. The zero-order chi connectivity index (χ0) is 23.7. The van der Waals surface area contributed by atoms with Crippen LogP contribution < -0.4 is 11.0 Å². The van der Waals surface area contributed by atoms with Crippen LogP contribution in [0, 0.1) is 5.92 Å². The van der Waals surface area contributed by atoms with E-state index in [1.165, 1.54) is 17.2 Å². The molecule has 1 aliphatic carbocycles. The lowest BCUT2D eigenvalue weighted by Gasteiger charge is -2.40. The molecule has 34 heavy (non-hydrogen) atoms. The molecule has 2 aromatic heterocycles. The minimum atomic E-state index is -0.906. The van der Waals surface area contributed by atoms with Gasteiger partial charge in [0.25, 0.3) is 11.5 Å². The fourth-order valence-corrected chi connectivity index (χ4v) is 5.40. The Kier molecular flexibility index (Phi) is 6.17. The Balaban J connectivity index is 1.79. The van der Waals surface area contributed by atoms with Gasteiger partial charge in [-0.25, -0.2) is 5.48 Å². The van der Waals surface area contributed by atoms with Gasteiger partial charge in [0.05, 0.1) is 35.3 Å². The third kappa shape index (κ3) is 3.89. The summed E-state index contributed by atoms with van der Waals surface area (Å²) in [6.07, 6.45) is 8.34. The van der Waals surface area contributed by atoms with Gasteiger partial charge in [-0.1, -0.05) is 43.2 Å². The fraction of sp³-hybridized carbons (Fsp3) is 0.346. The van der Waals surface area contributed by atoms with Crippen molar-refractivity contribution in [2.75, 3.05) is 0 Å². The van der Waals surface area contributed by atoms with Gasteiger partial charge < -0.3 is 9.84 Å². The van der Waals surface area contributed by atoms with Crippen molar-refractivity contribution in [3.05, 3.63) is 76.5 Å². The topological polar surface area (TPSA) is 114 Å². The third-order valence-electron chi connectivity index (χ3n) is 6.97. The number of pyridine rings is 2. The molecule has 0 spiro atoms. The summed E-state index contributed by atoms with van der Waals surface area (Å²) in [5, 5.41) is 20.8. The maximum Gasteiger partial charge on any atom is 0.280 e. The minimum Gasteiger partial charge on any atom is -0.506 e. The number of nitrogens with zero attached hydrogens (tertiary/aromatic N) is 2. The van der Waals surface area contributed by atoms with Crippen LogP contribution in [0.15, 0.2) is 59.7 Å². The average molecular weight is 462 g/mol. The standard InChI is InChI=1S/C26H27N3O5/c30-24-21(17-8-2-1-3-9-17)26(32)29(18-10-6-14-27-15-18)23(22(24)25(31)28-33)20-13-12-16-7-4-5-11-19(16)34-20/h1-3,6,8-10,14-16,19-20,30,33H,4-5,7,11-13H2,(H,28,31). The molecule has 1 saturated heterocycles. The van der Waals surface area contributed by atoms with Crippen LogP contribution in [0.2, 0.25) is 0 Å². The molecule has 2 fully saturated rings. The van der Waals surface area contributed by atoms with E-state index in [-0.39, 0.29) is 22.9 Å². The van der Waals surface area contributed by atoms with Crippen molar-refractivity contribution in [1.82, 2.24) is 15.0 Å². The van der Waals surface area contributed by atoms with Gasteiger partial charge in [-0.3, -0.25) is 24.3 Å². The lowest BCUT2D eigenvalue weighted by atomic mass is 9.80. The maximum atomic E-state index is 13.9. The van der Waals surface area contributed by atoms with E-state index in [0.717, 1.165) is 25.7 Å². The number of aromatic hydroxyl groups is 1. The number of hydrogen-bond acceptors (Lipinski definition) is 6. The zero-order valence-corrected chi connectivity index (χ0v) is 18.7. The second-order valence-corrected chi connectivity index (χ2v) is 8.93. The van der Waals surface area contributed by atoms with Gasteiger partial charge in [-0.15, -0.1) is 0 Å². The Morgan fingerprint density at radius 1 is 1.06 bits per heavy atom. The highest BCUT2D eigenvalue weighted by molar-refractivity contribution is 6.00. The largest absolute Gasteiger partial charge is 0.506 e. The maximum absolute atomic E-state index is 13.9. The SMILES string of the molecule is O=C(NO)c1c(O)c(-c2ccccc2)c(=O)n(-c2cccnc2)c1C1CCC2CCCCC2O1. The Morgan fingerprint density at radius 3 is 2.59 bits per heavy atom. The van der Waals surface area contributed by atoms with Crippen molar-refractivity contribution in [3.8, 4) is 22.6 Å². The summed E-state index contributed by atoms with van der Waals surface area (Å²) in [5.74, 6) is -0.931. The number of amides is 1. The molecule has 176 valence electrons. The average Bonchev–Trinajstić information content (AvgIpc) is 2.89. The molecule has 3 aromatic rings. The molecule has 0 radical (unpaired) electrons. The van der Waals surface area contributed by atoms with E-state index < -0.39 is 23.3 Å². The number of benzene rings is 1. The summed E-state index contributed by atoms with van der Waals surface area (Å²) in [6.45, 7) is 0. The first-order valence-electron chi connectivity index (χ1n) is 11.7. The van der Waals surface area contributed by atoms with Gasteiger partial charge in [0, 0.05) is 6.20 Å². The lowest BCUT2D eigenvalue weighted by Crippen LogP contribution is -2.38. The van der Waals surface area contributed by atoms with Crippen LogP contribution in [-0.4, -0.2) is 31.9 Å². The summed E-state index contributed by atoms with van der Waals surface area (Å²) in [4.78, 5) is 31.0. The summed E-state index contributed by atoms with van der Waals surface area (Å²) in [5.41, 5.74) is 2.08. The Labute approximate surface area is 196 Å². The van der Waals surface area contributed by atoms with E-state index in [1.54, 1.807) is 54.1 Å².